The van der Waals surface area contributed by atoms with Crippen molar-refractivity contribution in [1.29, 1.82) is 0 Å². The summed E-state index contributed by atoms with van der Waals surface area (Å²) in [5.74, 6) is 0.836. The molecule has 1 saturated heterocycles. The molecule has 0 bridgehead atoms. The van der Waals surface area contributed by atoms with Crippen LogP contribution in [0.2, 0.25) is 0 Å². The van der Waals surface area contributed by atoms with Gasteiger partial charge in [-0.1, -0.05) is 18.2 Å². The van der Waals surface area contributed by atoms with Crippen molar-refractivity contribution in [2.75, 3.05) is 38.6 Å². The average molecular weight is 409 g/mol. The third-order valence-corrected chi connectivity index (χ3v) is 5.00. The molecule has 1 fully saturated rings. The Morgan fingerprint density at radius 2 is 1.79 bits per heavy atom. The molecule has 0 unspecified atom stereocenters. The van der Waals surface area contributed by atoms with Crippen LogP contribution >= 0.6 is 12.2 Å². The van der Waals surface area contributed by atoms with Gasteiger partial charge in [0.1, 0.15) is 5.75 Å². The lowest BCUT2D eigenvalue weighted by molar-refractivity contribution is -0.137. The fourth-order valence-corrected chi connectivity index (χ4v) is 3.41. The second kappa shape index (κ2) is 8.79. The van der Waals surface area contributed by atoms with E-state index in [1.807, 2.05) is 23.1 Å². The second-order valence-electron chi connectivity index (χ2n) is 6.62. The number of nitrogens with one attached hydrogen (secondary N) is 1. The number of alkyl halides is 3. The number of anilines is 1. The van der Waals surface area contributed by atoms with Crippen LogP contribution in [-0.2, 0) is 12.7 Å². The van der Waals surface area contributed by atoms with Gasteiger partial charge in [0.2, 0.25) is 0 Å². The summed E-state index contributed by atoms with van der Waals surface area (Å²) < 4.78 is 43.8. The third-order valence-electron chi connectivity index (χ3n) is 4.64. The van der Waals surface area contributed by atoms with Crippen molar-refractivity contribution in [3.63, 3.8) is 0 Å². The molecule has 0 radical (unpaired) electrons. The van der Waals surface area contributed by atoms with Crippen LogP contribution in [0.25, 0.3) is 0 Å². The highest BCUT2D eigenvalue weighted by Crippen LogP contribution is 2.30. The molecule has 4 nitrogen and oxygen atoms in total. The second-order valence-corrected chi connectivity index (χ2v) is 7.01. The average Bonchev–Trinajstić information content (AvgIpc) is 2.68. The van der Waals surface area contributed by atoms with E-state index < -0.39 is 11.7 Å². The van der Waals surface area contributed by atoms with Crippen molar-refractivity contribution in [3.05, 3.63) is 59.7 Å². The quantitative estimate of drug-likeness (QED) is 0.763. The van der Waals surface area contributed by atoms with Gasteiger partial charge in [0.05, 0.1) is 12.7 Å². The lowest BCUT2D eigenvalue weighted by atomic mass is 10.2. The highest BCUT2D eigenvalue weighted by molar-refractivity contribution is 7.80. The molecule has 0 spiro atoms. The van der Waals surface area contributed by atoms with Gasteiger partial charge in [-0.15, -0.1) is 0 Å². The molecule has 0 aromatic heterocycles. The van der Waals surface area contributed by atoms with Crippen molar-refractivity contribution in [3.8, 4) is 5.75 Å². The first-order valence-corrected chi connectivity index (χ1v) is 9.34. The maximum absolute atomic E-state index is 12.8. The maximum Gasteiger partial charge on any atom is 0.416 e. The molecular formula is C20H22F3N3OS. The molecule has 0 saturated carbocycles. The number of piperazine rings is 1. The van der Waals surface area contributed by atoms with Gasteiger partial charge in [0, 0.05) is 38.4 Å². The number of rotatable bonds is 4. The number of hydrogen-bond acceptors (Lipinski definition) is 3. The van der Waals surface area contributed by atoms with E-state index in [0.717, 1.165) is 50.6 Å². The first kappa shape index (κ1) is 20.4. The number of benzene rings is 2. The molecule has 0 aliphatic carbocycles. The highest BCUT2D eigenvalue weighted by atomic mass is 32.1. The molecule has 2 aromatic rings. The zero-order chi connectivity index (χ0) is 20.1. The summed E-state index contributed by atoms with van der Waals surface area (Å²) in [5, 5.41) is 3.37. The van der Waals surface area contributed by atoms with E-state index in [2.05, 4.69) is 16.3 Å². The molecule has 1 aliphatic rings. The molecule has 1 N–H and O–H groups in total. The standard InChI is InChI=1S/C20H22F3N3OS/c1-27-18-7-2-4-15(12-18)14-25-8-10-26(11-9-25)19(28)24-17-6-3-5-16(13-17)20(21,22)23/h2-7,12-13H,8-11,14H2,1H3,(H,24,28). The molecule has 150 valence electrons. The first-order valence-electron chi connectivity index (χ1n) is 8.93. The van der Waals surface area contributed by atoms with E-state index in [1.54, 1.807) is 13.2 Å². The largest absolute Gasteiger partial charge is 0.497 e. The summed E-state index contributed by atoms with van der Waals surface area (Å²) in [6.07, 6.45) is -4.37. The Labute approximate surface area is 167 Å². The van der Waals surface area contributed by atoms with Gasteiger partial charge in [0.15, 0.2) is 5.11 Å². The Hall–Kier alpha value is -2.32. The normalized spacial score (nSPS) is 15.4. The molecule has 8 heteroatoms. The van der Waals surface area contributed by atoms with Crippen LogP contribution in [0.5, 0.6) is 5.75 Å². The summed E-state index contributed by atoms with van der Waals surface area (Å²) in [7, 11) is 1.65. The molecule has 0 amide bonds. The zero-order valence-electron chi connectivity index (χ0n) is 15.5. The number of hydrogen-bond donors (Lipinski definition) is 1. The van der Waals surface area contributed by atoms with Crippen LogP contribution in [0.4, 0.5) is 18.9 Å². The summed E-state index contributed by atoms with van der Waals surface area (Å²) in [4.78, 5) is 4.30. The van der Waals surface area contributed by atoms with Gasteiger partial charge < -0.3 is 15.0 Å². The summed E-state index contributed by atoms with van der Waals surface area (Å²) in [5.41, 5.74) is 0.833. The van der Waals surface area contributed by atoms with E-state index in [-0.39, 0.29) is 0 Å². The van der Waals surface area contributed by atoms with Crippen LogP contribution in [0.1, 0.15) is 11.1 Å². The predicted octanol–water partition coefficient (Wildman–Crippen LogP) is 4.23. The minimum absolute atomic E-state index is 0.346. The van der Waals surface area contributed by atoms with Crippen LogP contribution in [-0.4, -0.2) is 48.2 Å². The van der Waals surface area contributed by atoms with Gasteiger partial charge in [-0.25, -0.2) is 0 Å². The van der Waals surface area contributed by atoms with Gasteiger partial charge in [-0.2, -0.15) is 13.2 Å². The molecule has 1 heterocycles. The van der Waals surface area contributed by atoms with E-state index >= 15 is 0 Å². The van der Waals surface area contributed by atoms with Gasteiger partial charge >= 0.3 is 6.18 Å². The Bertz CT molecular complexity index is 820. The van der Waals surface area contributed by atoms with Crippen LogP contribution in [0, 0.1) is 0 Å². The Morgan fingerprint density at radius 1 is 1.07 bits per heavy atom. The molecule has 1 aliphatic heterocycles. The monoisotopic (exact) mass is 409 g/mol. The van der Waals surface area contributed by atoms with Crippen molar-refractivity contribution in [1.82, 2.24) is 9.80 Å². The highest BCUT2D eigenvalue weighted by Gasteiger charge is 2.30. The fraction of sp³-hybridized carbons (Fsp3) is 0.350. The summed E-state index contributed by atoms with van der Waals surface area (Å²) >= 11 is 5.39. The minimum atomic E-state index is -4.37. The van der Waals surface area contributed by atoms with E-state index in [4.69, 9.17) is 17.0 Å². The van der Waals surface area contributed by atoms with Crippen LogP contribution in [0.15, 0.2) is 48.5 Å². The Kier molecular flexibility index (Phi) is 6.41. The van der Waals surface area contributed by atoms with Crippen LogP contribution in [0.3, 0.4) is 0 Å². The van der Waals surface area contributed by atoms with E-state index in [0.29, 0.717) is 10.8 Å². The summed E-state index contributed by atoms with van der Waals surface area (Å²) in [6.45, 7) is 3.89. The number of nitrogens with zero attached hydrogens (tertiary/aromatic N) is 2. The van der Waals surface area contributed by atoms with Crippen molar-refractivity contribution >= 4 is 23.0 Å². The molecule has 28 heavy (non-hydrogen) atoms. The van der Waals surface area contributed by atoms with Gasteiger partial charge in [0.25, 0.3) is 0 Å². The van der Waals surface area contributed by atoms with Gasteiger partial charge in [-0.3, -0.25) is 4.90 Å². The van der Waals surface area contributed by atoms with Crippen molar-refractivity contribution in [2.45, 2.75) is 12.7 Å². The maximum atomic E-state index is 12.8. The smallest absolute Gasteiger partial charge is 0.416 e. The number of halogens is 3. The number of methoxy groups -OCH3 is 1. The molecule has 3 rings (SSSR count). The van der Waals surface area contributed by atoms with Crippen LogP contribution < -0.4 is 10.1 Å². The lowest BCUT2D eigenvalue weighted by Gasteiger charge is -2.36. The summed E-state index contributed by atoms with van der Waals surface area (Å²) in [6, 6.07) is 13.1. The lowest BCUT2D eigenvalue weighted by Crippen LogP contribution is -2.49. The van der Waals surface area contributed by atoms with E-state index in [9.17, 15) is 13.2 Å². The third kappa shape index (κ3) is 5.36. The van der Waals surface area contributed by atoms with E-state index in [1.165, 1.54) is 11.6 Å². The zero-order valence-corrected chi connectivity index (χ0v) is 16.3. The first-order chi connectivity index (χ1) is 13.3. The molecule has 2 aromatic carbocycles. The minimum Gasteiger partial charge on any atom is -0.497 e. The SMILES string of the molecule is COc1cccc(CN2CCN(C(=S)Nc3cccc(C(F)(F)F)c3)CC2)c1. The van der Waals surface area contributed by atoms with Crippen molar-refractivity contribution in [2.24, 2.45) is 0 Å². The Morgan fingerprint density at radius 3 is 2.46 bits per heavy atom. The number of thiocarbonyl (C=S) groups is 1. The predicted molar refractivity (Wildman–Crippen MR) is 108 cm³/mol. The van der Waals surface area contributed by atoms with Crippen molar-refractivity contribution < 1.29 is 17.9 Å². The number of ether oxygens (including phenoxy) is 1. The Balaban J connectivity index is 1.52. The fourth-order valence-electron chi connectivity index (χ4n) is 3.11. The topological polar surface area (TPSA) is 27.7 Å². The molecular weight excluding hydrogens is 387 g/mol. The molecule has 0 atom stereocenters. The van der Waals surface area contributed by atoms with Gasteiger partial charge in [-0.05, 0) is 48.1 Å².